The van der Waals surface area contributed by atoms with E-state index in [0.29, 0.717) is 5.02 Å². The minimum Gasteiger partial charge on any atom is -0.460 e. The standard InChI is InChI=1S/C10H12ClNO2/c1-7(12)10(13)14-6-8-4-2-3-5-9(8)11/h2-5,7H,6,12H2,1H3/t7-/m1/s1. The van der Waals surface area contributed by atoms with Gasteiger partial charge in [0.1, 0.15) is 12.6 Å². The highest BCUT2D eigenvalue weighted by Crippen LogP contribution is 2.15. The summed E-state index contributed by atoms with van der Waals surface area (Å²) in [6, 6.07) is 6.60. The molecule has 0 aliphatic carbocycles. The Labute approximate surface area is 87.8 Å². The van der Waals surface area contributed by atoms with E-state index in [2.05, 4.69) is 0 Å². The number of rotatable bonds is 3. The van der Waals surface area contributed by atoms with Crippen LogP contribution in [0.25, 0.3) is 0 Å². The highest BCUT2D eigenvalue weighted by molar-refractivity contribution is 6.31. The Morgan fingerprint density at radius 1 is 1.57 bits per heavy atom. The van der Waals surface area contributed by atoms with Crippen LogP contribution in [0, 0.1) is 0 Å². The van der Waals surface area contributed by atoms with Crippen LogP contribution in [0.4, 0.5) is 0 Å². The number of halogens is 1. The quantitative estimate of drug-likeness (QED) is 0.778. The van der Waals surface area contributed by atoms with Gasteiger partial charge in [-0.1, -0.05) is 29.8 Å². The lowest BCUT2D eigenvalue weighted by molar-refractivity contribution is -0.146. The first-order valence-corrected chi connectivity index (χ1v) is 4.64. The first kappa shape index (κ1) is 11.0. The molecule has 0 amide bonds. The molecule has 14 heavy (non-hydrogen) atoms. The van der Waals surface area contributed by atoms with Crippen LogP contribution in [0.3, 0.4) is 0 Å². The molecule has 2 N–H and O–H groups in total. The molecular weight excluding hydrogens is 202 g/mol. The van der Waals surface area contributed by atoms with Crippen molar-refractivity contribution in [2.24, 2.45) is 5.73 Å². The van der Waals surface area contributed by atoms with Crippen molar-refractivity contribution >= 4 is 17.6 Å². The molecule has 1 rings (SSSR count). The fourth-order valence-electron chi connectivity index (χ4n) is 0.896. The number of hydrogen-bond acceptors (Lipinski definition) is 3. The molecule has 0 aromatic heterocycles. The van der Waals surface area contributed by atoms with Crippen molar-refractivity contribution in [2.45, 2.75) is 19.6 Å². The van der Waals surface area contributed by atoms with E-state index in [4.69, 9.17) is 22.1 Å². The Kier molecular flexibility index (Phi) is 3.92. The van der Waals surface area contributed by atoms with Gasteiger partial charge >= 0.3 is 5.97 Å². The maximum atomic E-state index is 11.0. The van der Waals surface area contributed by atoms with Crippen molar-refractivity contribution in [2.75, 3.05) is 0 Å². The molecule has 0 radical (unpaired) electrons. The van der Waals surface area contributed by atoms with Crippen molar-refractivity contribution in [3.63, 3.8) is 0 Å². The van der Waals surface area contributed by atoms with Crippen LogP contribution in [-0.2, 0) is 16.1 Å². The highest BCUT2D eigenvalue weighted by Gasteiger charge is 2.09. The van der Waals surface area contributed by atoms with E-state index >= 15 is 0 Å². The molecule has 0 saturated heterocycles. The Morgan fingerprint density at radius 2 is 2.21 bits per heavy atom. The summed E-state index contributed by atoms with van der Waals surface area (Å²) >= 11 is 5.86. The Balaban J connectivity index is 2.54. The van der Waals surface area contributed by atoms with Gasteiger partial charge in [0.05, 0.1) is 0 Å². The molecule has 0 unspecified atom stereocenters. The molecule has 0 spiro atoms. The molecule has 1 aromatic carbocycles. The third-order valence-corrected chi connectivity index (χ3v) is 2.07. The molecule has 76 valence electrons. The van der Waals surface area contributed by atoms with Crippen molar-refractivity contribution < 1.29 is 9.53 Å². The summed E-state index contributed by atoms with van der Waals surface area (Å²) in [7, 11) is 0. The van der Waals surface area contributed by atoms with E-state index in [-0.39, 0.29) is 6.61 Å². The molecule has 0 bridgehead atoms. The van der Waals surface area contributed by atoms with Crippen molar-refractivity contribution in [1.29, 1.82) is 0 Å². The minimum absolute atomic E-state index is 0.167. The fraction of sp³-hybridized carbons (Fsp3) is 0.300. The summed E-state index contributed by atoms with van der Waals surface area (Å²) in [6.07, 6.45) is 0. The maximum absolute atomic E-state index is 11.0. The van der Waals surface area contributed by atoms with Crippen LogP contribution in [0.2, 0.25) is 5.02 Å². The second kappa shape index (κ2) is 4.98. The van der Waals surface area contributed by atoms with Gasteiger partial charge in [0.25, 0.3) is 0 Å². The van der Waals surface area contributed by atoms with Crippen molar-refractivity contribution in [1.82, 2.24) is 0 Å². The van der Waals surface area contributed by atoms with Crippen LogP contribution < -0.4 is 5.73 Å². The molecule has 1 atom stereocenters. The number of carbonyl (C=O) groups excluding carboxylic acids is 1. The first-order valence-electron chi connectivity index (χ1n) is 4.27. The van der Waals surface area contributed by atoms with Gasteiger partial charge in [-0.2, -0.15) is 0 Å². The summed E-state index contributed by atoms with van der Waals surface area (Å²) in [5.74, 6) is -0.426. The smallest absolute Gasteiger partial charge is 0.322 e. The van der Waals surface area contributed by atoms with E-state index in [0.717, 1.165) is 5.56 Å². The number of nitrogens with two attached hydrogens (primary N) is 1. The van der Waals surface area contributed by atoms with Gasteiger partial charge in [0.2, 0.25) is 0 Å². The number of esters is 1. The fourth-order valence-corrected chi connectivity index (χ4v) is 1.09. The van der Waals surface area contributed by atoms with E-state index in [9.17, 15) is 4.79 Å². The highest BCUT2D eigenvalue weighted by atomic mass is 35.5. The Bertz CT molecular complexity index is 326. The predicted molar refractivity (Wildman–Crippen MR) is 54.9 cm³/mol. The third-order valence-electron chi connectivity index (χ3n) is 1.70. The first-order chi connectivity index (χ1) is 6.61. The normalized spacial score (nSPS) is 12.2. The molecule has 0 saturated carbocycles. The zero-order valence-corrected chi connectivity index (χ0v) is 8.62. The average Bonchev–Trinajstić information content (AvgIpc) is 2.16. The summed E-state index contributed by atoms with van der Waals surface area (Å²) in [4.78, 5) is 11.0. The van der Waals surface area contributed by atoms with Crippen LogP contribution in [0.1, 0.15) is 12.5 Å². The summed E-state index contributed by atoms with van der Waals surface area (Å²) in [5, 5.41) is 0.588. The van der Waals surface area contributed by atoms with E-state index in [1.807, 2.05) is 12.1 Å². The lowest BCUT2D eigenvalue weighted by atomic mass is 10.2. The monoisotopic (exact) mass is 213 g/mol. The van der Waals surface area contributed by atoms with Gasteiger partial charge in [-0.15, -0.1) is 0 Å². The number of hydrogen-bond donors (Lipinski definition) is 1. The number of ether oxygens (including phenoxy) is 1. The molecule has 0 aliphatic rings. The van der Waals surface area contributed by atoms with Gasteiger partial charge in [0.15, 0.2) is 0 Å². The zero-order valence-electron chi connectivity index (χ0n) is 7.87. The molecule has 3 nitrogen and oxygen atoms in total. The molecule has 0 heterocycles. The molecule has 0 fully saturated rings. The molecule has 0 aliphatic heterocycles. The van der Waals surface area contributed by atoms with Gasteiger partial charge in [-0.05, 0) is 13.0 Å². The van der Waals surface area contributed by atoms with Gasteiger partial charge in [-0.3, -0.25) is 4.79 Å². The largest absolute Gasteiger partial charge is 0.460 e. The predicted octanol–water partition coefficient (Wildman–Crippen LogP) is 1.73. The zero-order chi connectivity index (χ0) is 10.6. The number of benzene rings is 1. The summed E-state index contributed by atoms with van der Waals surface area (Å²) in [6.45, 7) is 1.75. The van der Waals surface area contributed by atoms with Gasteiger partial charge in [0, 0.05) is 10.6 Å². The maximum Gasteiger partial charge on any atom is 0.322 e. The van der Waals surface area contributed by atoms with Crippen LogP contribution in [0.15, 0.2) is 24.3 Å². The van der Waals surface area contributed by atoms with Crippen molar-refractivity contribution in [3.8, 4) is 0 Å². The summed E-state index contributed by atoms with van der Waals surface area (Å²) in [5.41, 5.74) is 6.11. The Hall–Kier alpha value is -1.06. The lowest BCUT2D eigenvalue weighted by Crippen LogP contribution is -2.28. The lowest BCUT2D eigenvalue weighted by Gasteiger charge is -2.07. The van der Waals surface area contributed by atoms with Gasteiger partial charge < -0.3 is 10.5 Å². The molecule has 1 aromatic rings. The topological polar surface area (TPSA) is 52.3 Å². The second-order valence-corrected chi connectivity index (χ2v) is 3.39. The third kappa shape index (κ3) is 3.01. The average molecular weight is 214 g/mol. The minimum atomic E-state index is -0.600. The van der Waals surface area contributed by atoms with Crippen LogP contribution in [-0.4, -0.2) is 12.0 Å². The van der Waals surface area contributed by atoms with Crippen LogP contribution in [0.5, 0.6) is 0 Å². The second-order valence-electron chi connectivity index (χ2n) is 2.99. The van der Waals surface area contributed by atoms with E-state index in [1.165, 1.54) is 0 Å². The molecular formula is C10H12ClNO2. The van der Waals surface area contributed by atoms with Crippen molar-refractivity contribution in [3.05, 3.63) is 34.9 Å². The van der Waals surface area contributed by atoms with E-state index in [1.54, 1.807) is 19.1 Å². The SMILES string of the molecule is C[C@@H](N)C(=O)OCc1ccccc1Cl. The van der Waals surface area contributed by atoms with E-state index < -0.39 is 12.0 Å². The summed E-state index contributed by atoms with van der Waals surface area (Å²) < 4.78 is 4.92. The van der Waals surface area contributed by atoms with Crippen LogP contribution >= 0.6 is 11.6 Å². The molecule has 4 heteroatoms. The number of carbonyl (C=O) groups is 1. The van der Waals surface area contributed by atoms with Gasteiger partial charge in [-0.25, -0.2) is 0 Å². The Morgan fingerprint density at radius 3 is 2.79 bits per heavy atom.